The molecule has 1 aliphatic rings. The standard InChI is InChI=1S/C12H10N2O3/c1-14-8(12(15)16)5-7-6-17-9-3-2-4-13-10(9)11(7)14/h2-5H,6H2,1H3,(H,15,16). The lowest BCUT2D eigenvalue weighted by Crippen LogP contribution is -2.09. The molecular weight excluding hydrogens is 220 g/mol. The average Bonchev–Trinajstić information content (AvgIpc) is 2.67. The molecule has 0 amide bonds. The molecule has 0 atom stereocenters. The number of ether oxygens (including phenoxy) is 1. The lowest BCUT2D eigenvalue weighted by Gasteiger charge is -2.17. The lowest BCUT2D eigenvalue weighted by molar-refractivity contribution is 0.0686. The Kier molecular flexibility index (Phi) is 1.95. The van der Waals surface area contributed by atoms with Crippen LogP contribution in [0.5, 0.6) is 5.75 Å². The van der Waals surface area contributed by atoms with Crippen molar-refractivity contribution in [3.05, 3.63) is 35.7 Å². The van der Waals surface area contributed by atoms with Crippen molar-refractivity contribution >= 4 is 5.97 Å². The SMILES string of the molecule is Cn1c(C(=O)O)cc2c1-c1ncccc1OC2. The predicted octanol–water partition coefficient (Wildman–Crippen LogP) is 1.68. The van der Waals surface area contributed by atoms with Crippen molar-refractivity contribution in [2.24, 2.45) is 7.05 Å². The zero-order valence-electron chi connectivity index (χ0n) is 9.17. The Morgan fingerprint density at radius 1 is 1.59 bits per heavy atom. The highest BCUT2D eigenvalue weighted by atomic mass is 16.5. The Hall–Kier alpha value is -2.30. The van der Waals surface area contributed by atoms with Crippen LogP contribution in [-0.4, -0.2) is 20.6 Å². The van der Waals surface area contributed by atoms with E-state index in [0.29, 0.717) is 18.1 Å². The average molecular weight is 230 g/mol. The molecule has 0 saturated carbocycles. The van der Waals surface area contributed by atoms with Gasteiger partial charge in [0.2, 0.25) is 0 Å². The fourth-order valence-corrected chi connectivity index (χ4v) is 2.13. The summed E-state index contributed by atoms with van der Waals surface area (Å²) in [5, 5.41) is 9.08. The Morgan fingerprint density at radius 3 is 3.18 bits per heavy atom. The molecule has 2 aromatic rings. The molecule has 0 spiro atoms. The van der Waals surface area contributed by atoms with Crippen LogP contribution in [0.1, 0.15) is 16.1 Å². The molecule has 3 heterocycles. The van der Waals surface area contributed by atoms with Crippen LogP contribution >= 0.6 is 0 Å². The van der Waals surface area contributed by atoms with Gasteiger partial charge < -0.3 is 14.4 Å². The second-order valence-corrected chi connectivity index (χ2v) is 3.91. The second kappa shape index (κ2) is 3.35. The summed E-state index contributed by atoms with van der Waals surface area (Å²) >= 11 is 0. The molecule has 0 bridgehead atoms. The van der Waals surface area contributed by atoms with Crippen LogP contribution in [0.3, 0.4) is 0 Å². The number of aromatic nitrogens is 2. The molecule has 0 radical (unpaired) electrons. The number of pyridine rings is 1. The van der Waals surface area contributed by atoms with Crippen LogP contribution in [-0.2, 0) is 13.7 Å². The normalized spacial score (nSPS) is 12.5. The molecule has 0 aliphatic carbocycles. The van der Waals surface area contributed by atoms with E-state index in [4.69, 9.17) is 9.84 Å². The first-order valence-electron chi connectivity index (χ1n) is 5.18. The van der Waals surface area contributed by atoms with Gasteiger partial charge in [0.1, 0.15) is 23.7 Å². The van der Waals surface area contributed by atoms with Gasteiger partial charge in [-0.2, -0.15) is 0 Å². The van der Waals surface area contributed by atoms with E-state index in [1.54, 1.807) is 29.9 Å². The number of carbonyl (C=O) groups is 1. The number of carboxylic acid groups (broad SMARTS) is 1. The summed E-state index contributed by atoms with van der Waals surface area (Å²) in [6, 6.07) is 5.26. The van der Waals surface area contributed by atoms with E-state index in [9.17, 15) is 4.79 Å². The Labute approximate surface area is 97.3 Å². The molecule has 0 unspecified atom stereocenters. The van der Waals surface area contributed by atoms with E-state index in [2.05, 4.69) is 4.98 Å². The van der Waals surface area contributed by atoms with Crippen molar-refractivity contribution in [2.45, 2.75) is 6.61 Å². The third kappa shape index (κ3) is 1.32. The molecule has 0 aromatic carbocycles. The van der Waals surface area contributed by atoms with Crippen LogP contribution in [0.4, 0.5) is 0 Å². The fraction of sp³-hybridized carbons (Fsp3) is 0.167. The number of rotatable bonds is 1. The minimum Gasteiger partial charge on any atom is -0.486 e. The molecule has 2 aromatic heterocycles. The molecule has 5 nitrogen and oxygen atoms in total. The van der Waals surface area contributed by atoms with Crippen molar-refractivity contribution in [1.82, 2.24) is 9.55 Å². The van der Waals surface area contributed by atoms with Gasteiger partial charge in [0.05, 0.1) is 5.69 Å². The molecular formula is C12H10N2O3. The van der Waals surface area contributed by atoms with Crippen molar-refractivity contribution in [1.29, 1.82) is 0 Å². The predicted molar refractivity (Wildman–Crippen MR) is 59.9 cm³/mol. The van der Waals surface area contributed by atoms with Gasteiger partial charge in [0, 0.05) is 18.8 Å². The van der Waals surface area contributed by atoms with Crippen molar-refractivity contribution in [3.63, 3.8) is 0 Å². The van der Waals surface area contributed by atoms with Gasteiger partial charge in [0.25, 0.3) is 0 Å². The summed E-state index contributed by atoms with van der Waals surface area (Å²) in [7, 11) is 1.73. The molecule has 0 saturated heterocycles. The van der Waals surface area contributed by atoms with Gasteiger partial charge in [0.15, 0.2) is 0 Å². The van der Waals surface area contributed by atoms with E-state index in [-0.39, 0.29) is 5.69 Å². The van der Waals surface area contributed by atoms with Gasteiger partial charge in [-0.15, -0.1) is 0 Å². The van der Waals surface area contributed by atoms with Crippen molar-refractivity contribution < 1.29 is 14.6 Å². The van der Waals surface area contributed by atoms with E-state index in [0.717, 1.165) is 11.3 Å². The van der Waals surface area contributed by atoms with Gasteiger partial charge in [-0.25, -0.2) is 4.79 Å². The van der Waals surface area contributed by atoms with Crippen molar-refractivity contribution in [2.75, 3.05) is 0 Å². The van der Waals surface area contributed by atoms with E-state index in [1.807, 2.05) is 6.07 Å². The molecule has 17 heavy (non-hydrogen) atoms. The number of carboxylic acids is 1. The first-order valence-corrected chi connectivity index (χ1v) is 5.18. The van der Waals surface area contributed by atoms with E-state index >= 15 is 0 Å². The summed E-state index contributed by atoms with van der Waals surface area (Å²) in [6.45, 7) is 0.384. The smallest absolute Gasteiger partial charge is 0.352 e. The maximum Gasteiger partial charge on any atom is 0.352 e. The summed E-state index contributed by atoms with van der Waals surface area (Å²) in [6.07, 6.45) is 1.67. The first-order chi connectivity index (χ1) is 8.18. The highest BCUT2D eigenvalue weighted by Gasteiger charge is 2.25. The van der Waals surface area contributed by atoms with Gasteiger partial charge >= 0.3 is 5.97 Å². The topological polar surface area (TPSA) is 64.4 Å². The third-order valence-electron chi connectivity index (χ3n) is 2.91. The zero-order valence-corrected chi connectivity index (χ0v) is 9.17. The fourth-order valence-electron chi connectivity index (χ4n) is 2.13. The van der Waals surface area contributed by atoms with Crippen LogP contribution in [0.25, 0.3) is 11.4 Å². The maximum absolute atomic E-state index is 11.1. The Bertz CT molecular complexity index is 616. The molecule has 3 rings (SSSR count). The summed E-state index contributed by atoms with van der Waals surface area (Å²) in [4.78, 5) is 15.3. The van der Waals surface area contributed by atoms with Gasteiger partial charge in [-0.1, -0.05) is 0 Å². The highest BCUT2D eigenvalue weighted by Crippen LogP contribution is 2.36. The minimum absolute atomic E-state index is 0.247. The molecule has 0 fully saturated rings. The van der Waals surface area contributed by atoms with Crippen LogP contribution < -0.4 is 4.74 Å². The Balaban J connectivity index is 2.28. The largest absolute Gasteiger partial charge is 0.486 e. The number of aromatic carboxylic acids is 1. The number of hydrogen-bond donors (Lipinski definition) is 1. The maximum atomic E-state index is 11.1. The van der Waals surface area contributed by atoms with E-state index < -0.39 is 5.97 Å². The van der Waals surface area contributed by atoms with Crippen LogP contribution in [0, 0.1) is 0 Å². The summed E-state index contributed by atoms with van der Waals surface area (Å²) in [5.74, 6) is -0.252. The summed E-state index contributed by atoms with van der Waals surface area (Å²) in [5.41, 5.74) is 2.63. The first kappa shape index (κ1) is 9.89. The minimum atomic E-state index is -0.945. The van der Waals surface area contributed by atoms with Gasteiger partial charge in [-0.05, 0) is 18.2 Å². The second-order valence-electron chi connectivity index (χ2n) is 3.91. The molecule has 1 aliphatic heterocycles. The van der Waals surface area contributed by atoms with Gasteiger partial charge in [-0.3, -0.25) is 4.98 Å². The lowest BCUT2D eigenvalue weighted by atomic mass is 10.1. The number of nitrogens with zero attached hydrogens (tertiary/aromatic N) is 2. The quantitative estimate of drug-likeness (QED) is 0.809. The molecule has 1 N–H and O–H groups in total. The molecule has 86 valence electrons. The number of hydrogen-bond acceptors (Lipinski definition) is 3. The third-order valence-corrected chi connectivity index (χ3v) is 2.91. The molecule has 5 heteroatoms. The monoisotopic (exact) mass is 230 g/mol. The summed E-state index contributed by atoms with van der Waals surface area (Å²) < 4.78 is 7.17. The van der Waals surface area contributed by atoms with Crippen molar-refractivity contribution in [3.8, 4) is 17.1 Å². The zero-order chi connectivity index (χ0) is 12.0. The van der Waals surface area contributed by atoms with Crippen LogP contribution in [0.2, 0.25) is 0 Å². The van der Waals surface area contributed by atoms with E-state index in [1.165, 1.54) is 0 Å². The van der Waals surface area contributed by atoms with Crippen LogP contribution in [0.15, 0.2) is 24.4 Å². The highest BCUT2D eigenvalue weighted by molar-refractivity contribution is 5.88. The number of fused-ring (bicyclic) bond motifs is 3. The Morgan fingerprint density at radius 2 is 2.41 bits per heavy atom.